The highest BCUT2D eigenvalue weighted by Crippen LogP contribution is 2.27. The quantitative estimate of drug-likeness (QED) is 0.627. The number of nitrogens with zero attached hydrogens (tertiary/aromatic N) is 3. The molecule has 0 bridgehead atoms. The maximum Gasteiger partial charge on any atom is 0.185 e. The normalized spacial score (nSPS) is 14.0. The van der Waals surface area contributed by atoms with E-state index in [0.717, 1.165) is 0 Å². The number of likely N-dealkylation sites (N-methyl/N-ethyl adjacent to an activating group) is 1. The van der Waals surface area contributed by atoms with Crippen LogP contribution in [0.25, 0.3) is 0 Å². The molecule has 0 atom stereocenters. The smallest absolute Gasteiger partial charge is 0.185 e. The second-order valence-electron chi connectivity index (χ2n) is 3.18. The van der Waals surface area contributed by atoms with Gasteiger partial charge >= 0.3 is 0 Å². The minimum atomic E-state index is -0.0218. The Kier molecular flexibility index (Phi) is 1.64. The molecule has 2 rings (SSSR count). The van der Waals surface area contributed by atoms with Crippen molar-refractivity contribution in [3.8, 4) is 6.07 Å². The Morgan fingerprint density at radius 3 is 3.07 bits per heavy atom. The Bertz CT molecular complexity index is 461. The zero-order valence-electron chi connectivity index (χ0n) is 7.61. The Morgan fingerprint density at radius 1 is 1.71 bits per heavy atom. The van der Waals surface area contributed by atoms with Gasteiger partial charge in [-0.25, -0.2) is 4.98 Å². The summed E-state index contributed by atoms with van der Waals surface area (Å²) in [6, 6.07) is 3.41. The molecule has 0 unspecified atom stereocenters. The summed E-state index contributed by atoms with van der Waals surface area (Å²) < 4.78 is 0. The molecule has 0 saturated carbocycles. The van der Waals surface area contributed by atoms with Gasteiger partial charge in [-0.1, -0.05) is 0 Å². The van der Waals surface area contributed by atoms with Crippen molar-refractivity contribution >= 4 is 17.4 Å². The molecule has 14 heavy (non-hydrogen) atoms. The number of anilines is 2. The second-order valence-corrected chi connectivity index (χ2v) is 3.18. The zero-order chi connectivity index (χ0) is 10.3. The Hall–Kier alpha value is -2.09. The maximum atomic E-state index is 11.4. The number of nitrogens with two attached hydrogens (primary N) is 1. The SMILES string of the molecule is CN1CC(=O)c2cc(C#N)c(N)nc21. The number of fused-ring (bicyclic) bond motifs is 1. The number of aromatic nitrogens is 1. The van der Waals surface area contributed by atoms with Crippen LogP contribution in [0.2, 0.25) is 0 Å². The van der Waals surface area contributed by atoms with Gasteiger partial charge < -0.3 is 10.6 Å². The number of hydrogen-bond acceptors (Lipinski definition) is 5. The largest absolute Gasteiger partial charge is 0.383 e. The van der Waals surface area contributed by atoms with Crippen molar-refractivity contribution in [2.45, 2.75) is 0 Å². The average Bonchev–Trinajstić information content (AvgIpc) is 2.41. The minimum Gasteiger partial charge on any atom is -0.383 e. The van der Waals surface area contributed by atoms with E-state index in [1.54, 1.807) is 11.9 Å². The second kappa shape index (κ2) is 2.70. The summed E-state index contributed by atoms with van der Waals surface area (Å²) in [5, 5.41) is 8.71. The van der Waals surface area contributed by atoms with Crippen molar-refractivity contribution in [3.05, 3.63) is 17.2 Å². The number of rotatable bonds is 0. The minimum absolute atomic E-state index is 0.0218. The molecule has 1 aromatic heterocycles. The van der Waals surface area contributed by atoms with E-state index in [9.17, 15) is 4.79 Å². The first kappa shape index (κ1) is 8.51. The van der Waals surface area contributed by atoms with E-state index in [-0.39, 0.29) is 17.2 Å². The van der Waals surface area contributed by atoms with Gasteiger partial charge in [0.2, 0.25) is 0 Å². The van der Waals surface area contributed by atoms with Crippen LogP contribution in [0.5, 0.6) is 0 Å². The van der Waals surface area contributed by atoms with Gasteiger partial charge in [0.05, 0.1) is 17.7 Å². The van der Waals surface area contributed by atoms with E-state index in [0.29, 0.717) is 17.9 Å². The topological polar surface area (TPSA) is 83.0 Å². The van der Waals surface area contributed by atoms with E-state index in [2.05, 4.69) is 4.98 Å². The molecule has 5 heteroatoms. The molecule has 0 aromatic carbocycles. The Labute approximate surface area is 80.8 Å². The van der Waals surface area contributed by atoms with E-state index < -0.39 is 0 Å². The highest BCUT2D eigenvalue weighted by molar-refractivity contribution is 6.08. The summed E-state index contributed by atoms with van der Waals surface area (Å²) in [5.74, 6) is 0.714. The van der Waals surface area contributed by atoms with Gasteiger partial charge in [0, 0.05) is 7.05 Å². The third-order valence-electron chi connectivity index (χ3n) is 2.20. The fourth-order valence-corrected chi connectivity index (χ4v) is 1.48. The molecule has 1 aromatic rings. The summed E-state index contributed by atoms with van der Waals surface area (Å²) in [4.78, 5) is 17.2. The summed E-state index contributed by atoms with van der Waals surface area (Å²) in [6.07, 6.45) is 0. The van der Waals surface area contributed by atoms with Crippen molar-refractivity contribution in [1.82, 2.24) is 4.98 Å². The number of nitrogen functional groups attached to an aromatic ring is 1. The van der Waals surface area contributed by atoms with Crippen LogP contribution in [0.4, 0.5) is 11.6 Å². The van der Waals surface area contributed by atoms with Crippen LogP contribution in [-0.2, 0) is 0 Å². The van der Waals surface area contributed by atoms with Crippen LogP contribution < -0.4 is 10.6 Å². The lowest BCUT2D eigenvalue weighted by molar-refractivity contribution is 0.101. The molecule has 1 aliphatic heterocycles. The van der Waals surface area contributed by atoms with E-state index >= 15 is 0 Å². The molecule has 0 fully saturated rings. The van der Waals surface area contributed by atoms with Crippen LogP contribution in [0.3, 0.4) is 0 Å². The van der Waals surface area contributed by atoms with Crippen LogP contribution in [0.1, 0.15) is 15.9 Å². The van der Waals surface area contributed by atoms with E-state index in [1.165, 1.54) is 6.07 Å². The predicted molar refractivity (Wildman–Crippen MR) is 51.0 cm³/mol. The highest BCUT2D eigenvalue weighted by Gasteiger charge is 2.26. The van der Waals surface area contributed by atoms with E-state index in [4.69, 9.17) is 11.0 Å². The lowest BCUT2D eigenvalue weighted by Crippen LogP contribution is -2.16. The number of ketones is 1. The van der Waals surface area contributed by atoms with E-state index in [1.807, 2.05) is 6.07 Å². The Morgan fingerprint density at radius 2 is 2.43 bits per heavy atom. The van der Waals surface area contributed by atoms with Gasteiger partial charge in [0.1, 0.15) is 17.7 Å². The molecular weight excluding hydrogens is 180 g/mol. The lowest BCUT2D eigenvalue weighted by atomic mass is 10.1. The molecule has 2 heterocycles. The van der Waals surface area contributed by atoms with Crippen molar-refractivity contribution in [2.75, 3.05) is 24.2 Å². The molecule has 0 spiro atoms. The van der Waals surface area contributed by atoms with Crippen molar-refractivity contribution in [1.29, 1.82) is 5.26 Å². The van der Waals surface area contributed by atoms with Gasteiger partial charge in [-0.15, -0.1) is 0 Å². The summed E-state index contributed by atoms with van der Waals surface area (Å²) >= 11 is 0. The third-order valence-corrected chi connectivity index (χ3v) is 2.20. The number of carbonyl (C=O) groups excluding carboxylic acids is 1. The maximum absolute atomic E-state index is 11.4. The molecular formula is C9H8N4O. The van der Waals surface area contributed by atoms with Crippen LogP contribution >= 0.6 is 0 Å². The molecule has 70 valence electrons. The zero-order valence-corrected chi connectivity index (χ0v) is 7.61. The van der Waals surface area contributed by atoms with Gasteiger partial charge in [-0.05, 0) is 6.07 Å². The van der Waals surface area contributed by atoms with Crippen molar-refractivity contribution in [3.63, 3.8) is 0 Å². The average molecular weight is 188 g/mol. The molecule has 0 radical (unpaired) electrons. The number of Topliss-reactive ketones (excluding diaryl/α,β-unsaturated/α-hetero) is 1. The fourth-order valence-electron chi connectivity index (χ4n) is 1.48. The number of carbonyl (C=O) groups is 1. The van der Waals surface area contributed by atoms with Crippen molar-refractivity contribution in [2.24, 2.45) is 0 Å². The standard InChI is InChI=1S/C9H8N4O/c1-13-4-7(14)6-2-5(3-10)8(11)12-9(6)13/h2H,4H2,1H3,(H2,11,12). The summed E-state index contributed by atoms with van der Waals surface area (Å²) in [5.41, 5.74) is 6.28. The predicted octanol–water partition coefficient (Wildman–Crippen LogP) is 0.168. The summed E-state index contributed by atoms with van der Waals surface area (Å²) in [7, 11) is 1.77. The number of nitriles is 1. The number of pyridine rings is 1. The Balaban J connectivity index is 2.67. The molecule has 0 amide bonds. The first-order valence-electron chi connectivity index (χ1n) is 4.08. The third kappa shape index (κ3) is 1.01. The molecule has 1 aliphatic rings. The molecule has 0 aliphatic carbocycles. The highest BCUT2D eigenvalue weighted by atomic mass is 16.1. The summed E-state index contributed by atoms with van der Waals surface area (Å²) in [6.45, 7) is 0.302. The van der Waals surface area contributed by atoms with Gasteiger partial charge in [-0.2, -0.15) is 5.26 Å². The van der Waals surface area contributed by atoms with Crippen LogP contribution in [0.15, 0.2) is 6.07 Å². The molecule has 5 nitrogen and oxygen atoms in total. The monoisotopic (exact) mass is 188 g/mol. The van der Waals surface area contributed by atoms with Crippen molar-refractivity contribution < 1.29 is 4.79 Å². The van der Waals surface area contributed by atoms with Gasteiger partial charge in [-0.3, -0.25) is 4.79 Å². The number of hydrogen-bond donors (Lipinski definition) is 1. The first-order chi connectivity index (χ1) is 6.63. The molecule has 0 saturated heterocycles. The lowest BCUT2D eigenvalue weighted by Gasteiger charge is -2.09. The van der Waals surface area contributed by atoms with Gasteiger partial charge in [0.25, 0.3) is 0 Å². The molecule has 2 N–H and O–H groups in total. The van der Waals surface area contributed by atoms with Crippen LogP contribution in [-0.4, -0.2) is 24.4 Å². The first-order valence-corrected chi connectivity index (χ1v) is 4.08. The van der Waals surface area contributed by atoms with Gasteiger partial charge in [0.15, 0.2) is 5.78 Å². The van der Waals surface area contributed by atoms with Crippen LogP contribution in [0, 0.1) is 11.3 Å². The fraction of sp³-hybridized carbons (Fsp3) is 0.222.